The molecule has 112 valence electrons. The third kappa shape index (κ3) is 2.63. The SMILES string of the molecule is COc1ccc(C(=O)c2sc(NC3CC3)c(C#N)c2N)cc1. The highest BCUT2D eigenvalue weighted by molar-refractivity contribution is 7.19. The van der Waals surface area contributed by atoms with Gasteiger partial charge >= 0.3 is 0 Å². The maximum absolute atomic E-state index is 12.6. The molecule has 0 unspecified atom stereocenters. The zero-order valence-electron chi connectivity index (χ0n) is 12.1. The second-order valence-corrected chi connectivity index (χ2v) is 6.16. The van der Waals surface area contributed by atoms with E-state index >= 15 is 0 Å². The Kier molecular flexibility index (Phi) is 3.73. The summed E-state index contributed by atoms with van der Waals surface area (Å²) in [7, 11) is 1.57. The summed E-state index contributed by atoms with van der Waals surface area (Å²) in [6.45, 7) is 0. The van der Waals surface area contributed by atoms with Crippen molar-refractivity contribution in [3.63, 3.8) is 0 Å². The molecule has 1 aliphatic rings. The first-order chi connectivity index (χ1) is 10.6. The molecule has 0 atom stereocenters. The fraction of sp³-hybridized carbons (Fsp3) is 0.250. The van der Waals surface area contributed by atoms with Crippen LogP contribution in [0.3, 0.4) is 0 Å². The van der Waals surface area contributed by atoms with E-state index in [9.17, 15) is 10.1 Å². The molecular weight excluding hydrogens is 298 g/mol. The number of carbonyl (C=O) groups excluding carboxylic acids is 1. The van der Waals surface area contributed by atoms with Crippen molar-refractivity contribution in [2.45, 2.75) is 18.9 Å². The first-order valence-electron chi connectivity index (χ1n) is 6.91. The Hall–Kier alpha value is -2.52. The van der Waals surface area contributed by atoms with Crippen molar-refractivity contribution in [2.75, 3.05) is 18.2 Å². The molecule has 0 radical (unpaired) electrons. The van der Waals surface area contributed by atoms with Crippen LogP contribution in [0.2, 0.25) is 0 Å². The van der Waals surface area contributed by atoms with Gasteiger partial charge in [0.25, 0.3) is 0 Å². The van der Waals surface area contributed by atoms with Crippen LogP contribution in [0.25, 0.3) is 0 Å². The van der Waals surface area contributed by atoms with Gasteiger partial charge in [-0.1, -0.05) is 0 Å². The van der Waals surface area contributed by atoms with Crippen LogP contribution in [0.5, 0.6) is 5.75 Å². The molecule has 1 fully saturated rings. The summed E-state index contributed by atoms with van der Waals surface area (Å²) in [4.78, 5) is 13.0. The van der Waals surface area contributed by atoms with Gasteiger partial charge < -0.3 is 15.8 Å². The van der Waals surface area contributed by atoms with E-state index < -0.39 is 0 Å². The Morgan fingerprint density at radius 1 is 1.41 bits per heavy atom. The highest BCUT2D eigenvalue weighted by Gasteiger charge is 2.27. The van der Waals surface area contributed by atoms with Crippen LogP contribution < -0.4 is 15.8 Å². The van der Waals surface area contributed by atoms with E-state index in [0.717, 1.165) is 12.8 Å². The molecule has 1 aromatic heterocycles. The third-order valence-corrected chi connectivity index (χ3v) is 4.66. The molecule has 1 heterocycles. The van der Waals surface area contributed by atoms with Crippen LogP contribution in [0.1, 0.15) is 33.6 Å². The Morgan fingerprint density at radius 2 is 2.09 bits per heavy atom. The molecule has 0 aliphatic heterocycles. The lowest BCUT2D eigenvalue weighted by Crippen LogP contribution is -2.02. The number of rotatable bonds is 5. The Bertz CT molecular complexity index is 755. The standard InChI is InChI=1S/C16H15N3O2S/c1-21-11-6-2-9(3-7-11)14(20)15-13(18)12(8-17)16(22-15)19-10-4-5-10/h2-3,6-7,10,19H,4-5,18H2,1H3. The van der Waals surface area contributed by atoms with Crippen molar-refractivity contribution >= 4 is 27.8 Å². The molecule has 2 aromatic rings. The maximum atomic E-state index is 12.6. The smallest absolute Gasteiger partial charge is 0.205 e. The van der Waals surface area contributed by atoms with Crippen LogP contribution in [0.15, 0.2) is 24.3 Å². The number of nitriles is 1. The van der Waals surface area contributed by atoms with Crippen molar-refractivity contribution in [1.82, 2.24) is 0 Å². The predicted octanol–water partition coefficient (Wildman–Crippen LogP) is 3.02. The Balaban J connectivity index is 1.94. The second-order valence-electron chi connectivity index (χ2n) is 5.14. The van der Waals surface area contributed by atoms with Gasteiger partial charge in [-0.05, 0) is 37.1 Å². The van der Waals surface area contributed by atoms with Gasteiger partial charge in [0, 0.05) is 11.6 Å². The number of nitrogens with zero attached hydrogens (tertiary/aromatic N) is 1. The van der Waals surface area contributed by atoms with E-state index in [1.165, 1.54) is 11.3 Å². The van der Waals surface area contributed by atoms with E-state index in [2.05, 4.69) is 11.4 Å². The van der Waals surface area contributed by atoms with Gasteiger partial charge in [-0.25, -0.2) is 0 Å². The van der Waals surface area contributed by atoms with Crippen LogP contribution in [-0.2, 0) is 0 Å². The van der Waals surface area contributed by atoms with Gasteiger partial charge in [-0.15, -0.1) is 11.3 Å². The van der Waals surface area contributed by atoms with Crippen LogP contribution in [0, 0.1) is 11.3 Å². The number of methoxy groups -OCH3 is 1. The largest absolute Gasteiger partial charge is 0.497 e. The highest BCUT2D eigenvalue weighted by atomic mass is 32.1. The number of carbonyl (C=O) groups is 1. The monoisotopic (exact) mass is 313 g/mol. The van der Waals surface area contributed by atoms with Gasteiger partial charge in [-0.3, -0.25) is 4.79 Å². The van der Waals surface area contributed by atoms with E-state index in [4.69, 9.17) is 10.5 Å². The fourth-order valence-electron chi connectivity index (χ4n) is 2.11. The zero-order valence-corrected chi connectivity index (χ0v) is 12.9. The van der Waals surface area contributed by atoms with E-state index in [-0.39, 0.29) is 11.5 Å². The average Bonchev–Trinajstić information content (AvgIpc) is 3.30. The second kappa shape index (κ2) is 5.70. The summed E-state index contributed by atoms with van der Waals surface area (Å²) >= 11 is 1.25. The molecule has 1 saturated carbocycles. The third-order valence-electron chi connectivity index (χ3n) is 3.53. The van der Waals surface area contributed by atoms with E-state index in [1.807, 2.05) is 0 Å². The lowest BCUT2D eigenvalue weighted by molar-refractivity contribution is 0.104. The van der Waals surface area contributed by atoms with Crippen LogP contribution in [0.4, 0.5) is 10.7 Å². The summed E-state index contributed by atoms with van der Waals surface area (Å²) < 4.78 is 5.08. The Labute approximate surface area is 132 Å². The fourth-order valence-corrected chi connectivity index (χ4v) is 3.22. The van der Waals surface area contributed by atoms with Crippen molar-refractivity contribution in [1.29, 1.82) is 5.26 Å². The summed E-state index contributed by atoms with van der Waals surface area (Å²) in [6.07, 6.45) is 2.18. The van der Waals surface area contributed by atoms with Gasteiger partial charge in [0.05, 0.1) is 12.8 Å². The molecule has 1 aliphatic carbocycles. The summed E-state index contributed by atoms with van der Waals surface area (Å²) in [6, 6.07) is 9.34. The first kappa shape index (κ1) is 14.4. The predicted molar refractivity (Wildman–Crippen MR) is 86.5 cm³/mol. The number of nitrogens with one attached hydrogen (secondary N) is 1. The number of nitrogen functional groups attached to an aromatic ring is 1. The molecule has 22 heavy (non-hydrogen) atoms. The molecule has 1 aromatic carbocycles. The summed E-state index contributed by atoms with van der Waals surface area (Å²) in [5, 5.41) is 13.2. The summed E-state index contributed by atoms with van der Waals surface area (Å²) in [5.41, 5.74) is 7.16. The van der Waals surface area contributed by atoms with Crippen molar-refractivity contribution in [2.24, 2.45) is 0 Å². The number of benzene rings is 1. The molecule has 0 amide bonds. The number of hydrogen-bond donors (Lipinski definition) is 2. The van der Waals surface area contributed by atoms with Crippen molar-refractivity contribution in [3.05, 3.63) is 40.3 Å². The average molecular weight is 313 g/mol. The number of ketones is 1. The minimum atomic E-state index is -0.175. The van der Waals surface area contributed by atoms with E-state index in [1.54, 1.807) is 31.4 Å². The quantitative estimate of drug-likeness (QED) is 0.828. The molecule has 5 nitrogen and oxygen atoms in total. The topological polar surface area (TPSA) is 88.1 Å². The molecule has 0 bridgehead atoms. The number of anilines is 2. The highest BCUT2D eigenvalue weighted by Crippen LogP contribution is 2.39. The van der Waals surface area contributed by atoms with Gasteiger partial charge in [0.2, 0.25) is 5.78 Å². The van der Waals surface area contributed by atoms with Crippen molar-refractivity contribution < 1.29 is 9.53 Å². The van der Waals surface area contributed by atoms with Crippen LogP contribution in [-0.4, -0.2) is 18.9 Å². The minimum absolute atomic E-state index is 0.175. The van der Waals surface area contributed by atoms with E-state index in [0.29, 0.717) is 32.8 Å². The van der Waals surface area contributed by atoms with Crippen LogP contribution >= 0.6 is 11.3 Å². The van der Waals surface area contributed by atoms with Crippen molar-refractivity contribution in [3.8, 4) is 11.8 Å². The Morgan fingerprint density at radius 3 is 2.64 bits per heavy atom. The molecule has 0 saturated heterocycles. The molecule has 3 rings (SSSR count). The molecule has 6 heteroatoms. The lowest BCUT2D eigenvalue weighted by Gasteiger charge is -2.02. The maximum Gasteiger partial charge on any atom is 0.205 e. The first-order valence-corrected chi connectivity index (χ1v) is 7.73. The summed E-state index contributed by atoms with van der Waals surface area (Å²) in [5.74, 6) is 0.509. The van der Waals surface area contributed by atoms with Gasteiger partial charge in [-0.2, -0.15) is 5.26 Å². The molecule has 0 spiro atoms. The van der Waals surface area contributed by atoms with Gasteiger partial charge in [0.15, 0.2) is 0 Å². The number of ether oxygens (including phenoxy) is 1. The number of thiophene rings is 1. The lowest BCUT2D eigenvalue weighted by atomic mass is 10.1. The number of hydrogen-bond acceptors (Lipinski definition) is 6. The normalized spacial score (nSPS) is 13.5. The molecule has 3 N–H and O–H groups in total. The molecular formula is C16H15N3O2S. The minimum Gasteiger partial charge on any atom is -0.497 e. The zero-order chi connectivity index (χ0) is 15.7. The number of nitrogens with two attached hydrogens (primary N) is 1. The van der Waals surface area contributed by atoms with Gasteiger partial charge in [0.1, 0.15) is 27.3 Å².